The average molecular weight is 338 g/mol. The molecule has 0 amide bonds. The Labute approximate surface area is 124 Å². The number of rotatable bonds is 3. The van der Waals surface area contributed by atoms with E-state index in [2.05, 4.69) is 21.2 Å². The van der Waals surface area contributed by atoms with E-state index in [0.717, 1.165) is 27.2 Å². The summed E-state index contributed by atoms with van der Waals surface area (Å²) in [4.78, 5) is 0. The largest absolute Gasteiger partial charge is 0.486 e. The second-order valence-electron chi connectivity index (χ2n) is 4.46. The van der Waals surface area contributed by atoms with Crippen molar-refractivity contribution in [3.05, 3.63) is 52.3 Å². The summed E-state index contributed by atoms with van der Waals surface area (Å²) in [5.41, 5.74) is 1.92. The van der Waals surface area contributed by atoms with Gasteiger partial charge in [-0.2, -0.15) is 0 Å². The third-order valence-electron chi connectivity index (χ3n) is 3.03. The first-order valence-electron chi connectivity index (χ1n) is 6.30. The molecule has 1 aliphatic rings. The molecular weight excluding hydrogens is 325 g/mol. The van der Waals surface area contributed by atoms with Crippen LogP contribution in [0.3, 0.4) is 0 Å². The van der Waals surface area contributed by atoms with Gasteiger partial charge in [-0.3, -0.25) is 0 Å². The molecule has 0 unspecified atom stereocenters. The van der Waals surface area contributed by atoms with Crippen molar-refractivity contribution in [1.82, 2.24) is 0 Å². The maximum atomic E-state index is 12.8. The van der Waals surface area contributed by atoms with Crippen LogP contribution in [0.5, 0.6) is 11.5 Å². The minimum atomic E-state index is -0.228. The fourth-order valence-corrected chi connectivity index (χ4v) is 2.46. The Bertz CT molecular complexity index is 616. The number of hydrogen-bond donors (Lipinski definition) is 1. The second-order valence-corrected chi connectivity index (χ2v) is 5.31. The van der Waals surface area contributed by atoms with Gasteiger partial charge in [-0.15, -0.1) is 0 Å². The average Bonchev–Trinajstić information content (AvgIpc) is 2.47. The van der Waals surface area contributed by atoms with E-state index < -0.39 is 0 Å². The molecule has 3 rings (SSSR count). The molecule has 0 fully saturated rings. The van der Waals surface area contributed by atoms with Crippen LogP contribution in [0, 0.1) is 5.82 Å². The summed E-state index contributed by atoms with van der Waals surface area (Å²) >= 11 is 3.50. The lowest BCUT2D eigenvalue weighted by molar-refractivity contribution is 0.171. The molecule has 1 N–H and O–H groups in total. The smallest absolute Gasteiger partial charge is 0.163 e. The highest BCUT2D eigenvalue weighted by Gasteiger charge is 2.14. The van der Waals surface area contributed by atoms with Crippen LogP contribution in [-0.2, 0) is 6.54 Å². The van der Waals surface area contributed by atoms with E-state index in [1.165, 1.54) is 12.1 Å². The molecule has 2 aromatic rings. The zero-order valence-electron chi connectivity index (χ0n) is 10.7. The second kappa shape index (κ2) is 5.71. The fourth-order valence-electron chi connectivity index (χ4n) is 2.00. The van der Waals surface area contributed by atoms with Crippen LogP contribution in [-0.4, -0.2) is 13.2 Å². The molecule has 0 aromatic heterocycles. The van der Waals surface area contributed by atoms with Crippen LogP contribution in [0.25, 0.3) is 0 Å². The standard InChI is InChI=1S/C15H13BrFNO2/c16-12-7-14-15(20-6-5-19-14)8-13(12)18-9-10-1-3-11(17)4-2-10/h1-4,7-8,18H,5-6,9H2. The van der Waals surface area contributed by atoms with E-state index >= 15 is 0 Å². The van der Waals surface area contributed by atoms with Crippen molar-refractivity contribution in [3.63, 3.8) is 0 Å². The molecule has 20 heavy (non-hydrogen) atoms. The molecule has 0 atom stereocenters. The van der Waals surface area contributed by atoms with Gasteiger partial charge in [-0.1, -0.05) is 12.1 Å². The lowest BCUT2D eigenvalue weighted by Gasteiger charge is -2.20. The van der Waals surface area contributed by atoms with E-state index in [9.17, 15) is 4.39 Å². The summed E-state index contributed by atoms with van der Waals surface area (Å²) in [6.45, 7) is 1.74. The molecule has 0 radical (unpaired) electrons. The Balaban J connectivity index is 1.75. The van der Waals surface area contributed by atoms with Crippen molar-refractivity contribution in [2.45, 2.75) is 6.54 Å². The number of benzene rings is 2. The van der Waals surface area contributed by atoms with E-state index in [0.29, 0.717) is 19.8 Å². The molecule has 0 aliphatic carbocycles. The zero-order valence-corrected chi connectivity index (χ0v) is 12.2. The van der Waals surface area contributed by atoms with Crippen LogP contribution in [0.2, 0.25) is 0 Å². The fraction of sp³-hybridized carbons (Fsp3) is 0.200. The SMILES string of the molecule is Fc1ccc(CNc2cc3c(cc2Br)OCCO3)cc1. The number of halogens is 2. The van der Waals surface area contributed by atoms with Gasteiger partial charge in [0, 0.05) is 23.2 Å². The molecule has 104 valence electrons. The van der Waals surface area contributed by atoms with Crippen molar-refractivity contribution >= 4 is 21.6 Å². The number of nitrogens with one attached hydrogen (secondary N) is 1. The first-order chi connectivity index (χ1) is 9.72. The summed E-state index contributed by atoms with van der Waals surface area (Å²) in [6, 6.07) is 10.2. The van der Waals surface area contributed by atoms with E-state index in [1.54, 1.807) is 12.1 Å². The molecule has 5 heteroatoms. The van der Waals surface area contributed by atoms with Crippen molar-refractivity contribution in [2.24, 2.45) is 0 Å². The van der Waals surface area contributed by atoms with Crippen LogP contribution in [0.4, 0.5) is 10.1 Å². The molecule has 0 saturated heterocycles. The summed E-state index contributed by atoms with van der Waals surface area (Å²) < 4.78 is 24.8. The molecule has 0 saturated carbocycles. The van der Waals surface area contributed by atoms with Crippen LogP contribution >= 0.6 is 15.9 Å². The first-order valence-corrected chi connectivity index (χ1v) is 7.09. The van der Waals surface area contributed by atoms with Gasteiger partial charge in [-0.25, -0.2) is 4.39 Å². The summed E-state index contributed by atoms with van der Waals surface area (Å²) in [5, 5.41) is 3.29. The van der Waals surface area contributed by atoms with Gasteiger partial charge in [0.25, 0.3) is 0 Å². The van der Waals surface area contributed by atoms with Crippen molar-refractivity contribution in [2.75, 3.05) is 18.5 Å². The minimum absolute atomic E-state index is 0.228. The lowest BCUT2D eigenvalue weighted by Crippen LogP contribution is -2.15. The molecule has 2 aromatic carbocycles. The Morgan fingerprint density at radius 3 is 2.40 bits per heavy atom. The van der Waals surface area contributed by atoms with E-state index in [-0.39, 0.29) is 5.82 Å². The Hall–Kier alpha value is -1.75. The topological polar surface area (TPSA) is 30.5 Å². The van der Waals surface area contributed by atoms with Gasteiger partial charge in [-0.05, 0) is 33.6 Å². The first kappa shape index (κ1) is 13.2. The Kier molecular flexibility index (Phi) is 3.78. The predicted octanol–water partition coefficient (Wildman–Crippen LogP) is 3.97. The summed E-state index contributed by atoms with van der Waals surface area (Å²) in [6.07, 6.45) is 0. The predicted molar refractivity (Wildman–Crippen MR) is 78.9 cm³/mol. The maximum absolute atomic E-state index is 12.8. The van der Waals surface area contributed by atoms with Gasteiger partial charge in [0.05, 0.1) is 5.69 Å². The highest BCUT2D eigenvalue weighted by Crippen LogP contribution is 2.38. The van der Waals surface area contributed by atoms with Gasteiger partial charge < -0.3 is 14.8 Å². The quantitative estimate of drug-likeness (QED) is 0.919. The van der Waals surface area contributed by atoms with Crippen molar-refractivity contribution in [1.29, 1.82) is 0 Å². The van der Waals surface area contributed by atoms with Gasteiger partial charge in [0.2, 0.25) is 0 Å². The van der Waals surface area contributed by atoms with Crippen molar-refractivity contribution in [3.8, 4) is 11.5 Å². The van der Waals surface area contributed by atoms with Crippen LogP contribution < -0.4 is 14.8 Å². The van der Waals surface area contributed by atoms with E-state index in [1.807, 2.05) is 12.1 Å². The summed E-state index contributed by atoms with van der Waals surface area (Å²) in [7, 11) is 0. The highest BCUT2D eigenvalue weighted by molar-refractivity contribution is 9.10. The Morgan fingerprint density at radius 2 is 1.70 bits per heavy atom. The number of hydrogen-bond acceptors (Lipinski definition) is 3. The third-order valence-corrected chi connectivity index (χ3v) is 3.68. The van der Waals surface area contributed by atoms with Gasteiger partial charge in [0.15, 0.2) is 11.5 Å². The molecule has 3 nitrogen and oxygen atoms in total. The van der Waals surface area contributed by atoms with Gasteiger partial charge >= 0.3 is 0 Å². The van der Waals surface area contributed by atoms with E-state index in [4.69, 9.17) is 9.47 Å². The maximum Gasteiger partial charge on any atom is 0.163 e. The normalized spacial score (nSPS) is 13.1. The lowest BCUT2D eigenvalue weighted by atomic mass is 10.2. The third kappa shape index (κ3) is 2.88. The van der Waals surface area contributed by atoms with Crippen molar-refractivity contribution < 1.29 is 13.9 Å². The monoisotopic (exact) mass is 337 g/mol. The number of anilines is 1. The Morgan fingerprint density at radius 1 is 1.05 bits per heavy atom. The van der Waals surface area contributed by atoms with Crippen LogP contribution in [0.1, 0.15) is 5.56 Å². The highest BCUT2D eigenvalue weighted by atomic mass is 79.9. The molecule has 0 bridgehead atoms. The molecule has 1 aliphatic heterocycles. The van der Waals surface area contributed by atoms with Crippen LogP contribution in [0.15, 0.2) is 40.9 Å². The number of ether oxygens (including phenoxy) is 2. The molecule has 1 heterocycles. The summed E-state index contributed by atoms with van der Waals surface area (Å²) in [5.74, 6) is 1.26. The zero-order chi connectivity index (χ0) is 13.9. The number of fused-ring (bicyclic) bond motifs is 1. The molecular formula is C15H13BrFNO2. The van der Waals surface area contributed by atoms with Gasteiger partial charge in [0.1, 0.15) is 19.0 Å². The molecule has 0 spiro atoms. The minimum Gasteiger partial charge on any atom is -0.486 e.